The zero-order valence-corrected chi connectivity index (χ0v) is 17.4. The van der Waals surface area contributed by atoms with Crippen LogP contribution in [0.1, 0.15) is 43.9 Å². The molecule has 2 unspecified atom stereocenters. The quantitative estimate of drug-likeness (QED) is 0.302. The van der Waals surface area contributed by atoms with E-state index in [-0.39, 0.29) is 17.9 Å². The lowest BCUT2D eigenvalue weighted by molar-refractivity contribution is -0.163. The van der Waals surface area contributed by atoms with Gasteiger partial charge < -0.3 is 26.1 Å². The number of β-lactam (4-membered cyclic amide) rings is 1. The van der Waals surface area contributed by atoms with Crippen LogP contribution in [0.2, 0.25) is 0 Å². The summed E-state index contributed by atoms with van der Waals surface area (Å²) in [6.45, 7) is 3.48. The molecule has 0 aliphatic carbocycles. The Balaban J connectivity index is 1.78. The third-order valence-electron chi connectivity index (χ3n) is 5.71. The van der Waals surface area contributed by atoms with E-state index in [4.69, 9.17) is 5.73 Å². The predicted octanol–water partition coefficient (Wildman–Crippen LogP) is 2.28. The van der Waals surface area contributed by atoms with Gasteiger partial charge in [0, 0.05) is 6.20 Å². The highest BCUT2D eigenvalue weighted by molar-refractivity contribution is 6.08. The first-order chi connectivity index (χ1) is 14.7. The molecule has 2 heterocycles. The van der Waals surface area contributed by atoms with Gasteiger partial charge in [-0.05, 0) is 55.2 Å². The number of urea groups is 1. The summed E-state index contributed by atoms with van der Waals surface area (Å²) >= 11 is 0. The van der Waals surface area contributed by atoms with Gasteiger partial charge in [-0.25, -0.2) is 9.78 Å². The monoisotopic (exact) mass is 426 g/mol. The number of carbonyl (C=O) groups is 3. The number of aldehydes is 1. The lowest BCUT2D eigenvalue weighted by Crippen LogP contribution is -2.74. The average Bonchev–Trinajstić information content (AvgIpc) is 2.73. The van der Waals surface area contributed by atoms with Gasteiger partial charge in [-0.15, -0.1) is 0 Å². The number of aromatic hydroxyl groups is 2. The molecule has 3 amide bonds. The third kappa shape index (κ3) is 4.16. The molecule has 0 saturated carbocycles. The van der Waals surface area contributed by atoms with Crippen LogP contribution >= 0.6 is 0 Å². The fraction of sp³-hybridized carbons (Fsp3) is 0.364. The van der Waals surface area contributed by atoms with Crippen molar-refractivity contribution in [3.8, 4) is 11.5 Å². The molecular weight excluding hydrogens is 400 g/mol. The number of hydrogen-bond acceptors (Lipinski definition) is 7. The Bertz CT molecular complexity index is 1010. The third-order valence-corrected chi connectivity index (χ3v) is 5.71. The van der Waals surface area contributed by atoms with E-state index in [1.807, 2.05) is 6.92 Å². The van der Waals surface area contributed by atoms with Crippen molar-refractivity contribution < 1.29 is 24.6 Å². The summed E-state index contributed by atoms with van der Waals surface area (Å²) in [7, 11) is 0. The summed E-state index contributed by atoms with van der Waals surface area (Å²) in [5.74, 6) is -1.41. The van der Waals surface area contributed by atoms with Crippen molar-refractivity contribution in [1.82, 2.24) is 15.2 Å². The topological polar surface area (TPSA) is 146 Å². The number of amides is 3. The number of aromatic nitrogens is 1. The first-order valence-electron chi connectivity index (χ1n) is 10.0. The smallest absolute Gasteiger partial charge is 0.325 e. The average molecular weight is 426 g/mol. The number of rotatable bonds is 7. The number of nitrogens with zero attached hydrogens (tertiary/aromatic N) is 2. The van der Waals surface area contributed by atoms with Gasteiger partial charge in [-0.1, -0.05) is 19.4 Å². The Morgan fingerprint density at radius 1 is 1.32 bits per heavy atom. The Hall–Kier alpha value is -3.62. The maximum atomic E-state index is 13.0. The first-order valence-corrected chi connectivity index (χ1v) is 10.0. The van der Waals surface area contributed by atoms with Crippen LogP contribution in [0.15, 0.2) is 36.5 Å². The highest BCUT2D eigenvalue weighted by Crippen LogP contribution is 2.39. The minimum absolute atomic E-state index is 0.259. The van der Waals surface area contributed by atoms with Crippen molar-refractivity contribution in [2.24, 2.45) is 5.92 Å². The molecule has 31 heavy (non-hydrogen) atoms. The van der Waals surface area contributed by atoms with Gasteiger partial charge in [0.2, 0.25) is 5.91 Å². The molecule has 1 aromatic heterocycles. The van der Waals surface area contributed by atoms with Crippen molar-refractivity contribution in [3.63, 3.8) is 0 Å². The molecule has 1 aliphatic rings. The summed E-state index contributed by atoms with van der Waals surface area (Å²) in [6.07, 6.45) is 3.66. The van der Waals surface area contributed by atoms with Gasteiger partial charge in [0.15, 0.2) is 11.5 Å². The second kappa shape index (κ2) is 8.63. The number of hydrogen-bond donors (Lipinski definition) is 4. The number of nitrogen functional groups attached to an aromatic ring is 1. The van der Waals surface area contributed by atoms with Gasteiger partial charge in [-0.2, -0.15) is 0 Å². The number of phenolic OH excluding ortho intramolecular Hbond substituents is 2. The molecule has 1 saturated heterocycles. The molecule has 9 nitrogen and oxygen atoms in total. The van der Waals surface area contributed by atoms with E-state index in [1.165, 1.54) is 18.3 Å². The van der Waals surface area contributed by atoms with Gasteiger partial charge in [0.1, 0.15) is 17.6 Å². The molecule has 1 aliphatic heterocycles. The molecule has 3 atom stereocenters. The minimum Gasteiger partial charge on any atom is -0.504 e. The number of pyridine rings is 1. The standard InChI is InChI=1S/C22H26N4O5/c1-3-4-16(14-5-6-17(28)18(29)11-14)25-21(31)26-20(30)15(22(26,2)12-27)9-13-7-8-24-19(23)10-13/h5-8,10-12,15-16,28-29H,3-4,9H2,1-2H3,(H2,23,24)(H,25,31)/t15-,16?,22?/m0/s1. The van der Waals surface area contributed by atoms with E-state index >= 15 is 0 Å². The zero-order chi connectivity index (χ0) is 22.8. The second-order valence-corrected chi connectivity index (χ2v) is 7.90. The molecule has 0 radical (unpaired) electrons. The van der Waals surface area contributed by atoms with Crippen molar-refractivity contribution >= 4 is 24.0 Å². The summed E-state index contributed by atoms with van der Waals surface area (Å²) in [5.41, 5.74) is 5.72. The Morgan fingerprint density at radius 2 is 2.06 bits per heavy atom. The van der Waals surface area contributed by atoms with Gasteiger partial charge in [-0.3, -0.25) is 9.69 Å². The van der Waals surface area contributed by atoms with E-state index in [2.05, 4.69) is 10.3 Å². The maximum absolute atomic E-state index is 13.0. The van der Waals surface area contributed by atoms with Crippen molar-refractivity contribution in [3.05, 3.63) is 47.7 Å². The Morgan fingerprint density at radius 3 is 2.68 bits per heavy atom. The Labute approximate surface area is 179 Å². The fourth-order valence-electron chi connectivity index (χ4n) is 3.92. The van der Waals surface area contributed by atoms with E-state index in [1.54, 1.807) is 25.1 Å². The SMILES string of the molecule is CCCC(NC(=O)N1C(=O)[C@H](Cc2ccnc(N)c2)C1(C)C=O)c1ccc(O)c(O)c1. The van der Waals surface area contributed by atoms with Crippen molar-refractivity contribution in [2.75, 3.05) is 5.73 Å². The molecule has 5 N–H and O–H groups in total. The largest absolute Gasteiger partial charge is 0.504 e. The number of nitrogens with two attached hydrogens (primary N) is 1. The van der Waals surface area contributed by atoms with Gasteiger partial charge in [0.05, 0.1) is 12.0 Å². The van der Waals surface area contributed by atoms with Crippen LogP contribution in [0.3, 0.4) is 0 Å². The number of phenols is 2. The summed E-state index contributed by atoms with van der Waals surface area (Å²) < 4.78 is 0. The summed E-state index contributed by atoms with van der Waals surface area (Å²) in [4.78, 5) is 42.6. The van der Waals surface area contributed by atoms with Crippen molar-refractivity contribution in [1.29, 1.82) is 0 Å². The number of nitrogens with one attached hydrogen (secondary N) is 1. The molecule has 1 fully saturated rings. The molecule has 164 valence electrons. The normalized spacial score (nSPS) is 21.3. The molecule has 2 aromatic rings. The number of imide groups is 1. The number of benzene rings is 1. The maximum Gasteiger partial charge on any atom is 0.325 e. The van der Waals surface area contributed by atoms with Gasteiger partial charge in [0.25, 0.3) is 0 Å². The lowest BCUT2D eigenvalue weighted by atomic mass is 9.72. The van der Waals surface area contributed by atoms with Crippen LogP contribution in [-0.4, -0.2) is 43.9 Å². The van der Waals surface area contributed by atoms with Crippen LogP contribution in [0.25, 0.3) is 0 Å². The van der Waals surface area contributed by atoms with Crippen molar-refractivity contribution in [2.45, 2.75) is 44.7 Å². The predicted molar refractivity (Wildman–Crippen MR) is 113 cm³/mol. The summed E-state index contributed by atoms with van der Waals surface area (Å²) in [5, 5.41) is 22.1. The highest BCUT2D eigenvalue weighted by atomic mass is 16.3. The van der Waals surface area contributed by atoms with Crippen LogP contribution in [0, 0.1) is 5.92 Å². The van der Waals surface area contributed by atoms with E-state index in [0.717, 1.165) is 16.9 Å². The molecule has 3 rings (SSSR count). The van der Waals surface area contributed by atoms with Crippen LogP contribution in [0.4, 0.5) is 10.6 Å². The zero-order valence-electron chi connectivity index (χ0n) is 17.4. The molecule has 0 bridgehead atoms. The lowest BCUT2D eigenvalue weighted by Gasteiger charge is -2.51. The molecular formula is C22H26N4O5. The van der Waals surface area contributed by atoms with Crippen LogP contribution in [0.5, 0.6) is 11.5 Å². The minimum atomic E-state index is -1.30. The van der Waals surface area contributed by atoms with E-state index < -0.39 is 29.4 Å². The fourth-order valence-corrected chi connectivity index (χ4v) is 3.92. The Kier molecular flexibility index (Phi) is 6.14. The number of anilines is 1. The van der Waals surface area contributed by atoms with E-state index in [0.29, 0.717) is 24.1 Å². The molecule has 0 spiro atoms. The highest BCUT2D eigenvalue weighted by Gasteiger charge is 2.60. The summed E-state index contributed by atoms with van der Waals surface area (Å²) in [6, 6.07) is 6.44. The second-order valence-electron chi connectivity index (χ2n) is 7.90. The van der Waals surface area contributed by atoms with Crippen LogP contribution in [-0.2, 0) is 16.0 Å². The number of carbonyl (C=O) groups excluding carboxylic acids is 3. The number of likely N-dealkylation sites (tertiary alicyclic amines) is 1. The molecule has 9 heteroatoms. The molecule has 1 aromatic carbocycles. The van der Waals surface area contributed by atoms with Crippen LogP contribution < -0.4 is 11.1 Å². The first kappa shape index (κ1) is 22.1. The van der Waals surface area contributed by atoms with Gasteiger partial charge >= 0.3 is 6.03 Å². The van der Waals surface area contributed by atoms with E-state index in [9.17, 15) is 24.6 Å².